The molecule has 0 saturated heterocycles. The van der Waals surface area contributed by atoms with E-state index in [1.54, 1.807) is 0 Å². The minimum atomic E-state index is -1.62. The molecular weight excluding hydrogens is 444 g/mol. The van der Waals surface area contributed by atoms with Gasteiger partial charge in [-0.25, -0.2) is 0 Å². The predicted molar refractivity (Wildman–Crippen MR) is 134 cm³/mol. The number of esters is 1. The third-order valence-corrected chi connectivity index (χ3v) is 11.1. The first-order valence-electron chi connectivity index (χ1n) is 13.8. The first-order valence-corrected chi connectivity index (χ1v) is 13.8. The minimum absolute atomic E-state index is 0.0314. The zero-order chi connectivity index (χ0) is 25.9. The van der Waals surface area contributed by atoms with Crippen LogP contribution in [-0.2, 0) is 9.53 Å². The number of carbonyl (C=O) groups excluding carboxylic acids is 1. The largest absolute Gasteiger partial charge is 0.462 e. The van der Waals surface area contributed by atoms with Crippen LogP contribution in [0.3, 0.4) is 0 Å². The van der Waals surface area contributed by atoms with Gasteiger partial charge in [0.05, 0.1) is 18.3 Å². The molecule has 0 amide bonds. The number of allylic oxidation sites excluding steroid dienone is 2. The lowest BCUT2D eigenvalue weighted by atomic mass is 9.41. The molecular formula is C29H48O6. The molecule has 4 aliphatic rings. The van der Waals surface area contributed by atoms with Crippen molar-refractivity contribution in [2.75, 3.05) is 0 Å². The SMILES string of the molecule is CC(=O)OC1CC2(C)C(C(C)CCC=C(C)C)CCC2C2CC(O)C3(O)CC(O)CC(O)C3(C)C12. The van der Waals surface area contributed by atoms with Crippen molar-refractivity contribution < 1.29 is 30.0 Å². The fraction of sp³-hybridized carbons (Fsp3) is 0.897. The van der Waals surface area contributed by atoms with Gasteiger partial charge in [-0.3, -0.25) is 4.79 Å². The van der Waals surface area contributed by atoms with Gasteiger partial charge in [0.2, 0.25) is 0 Å². The lowest BCUT2D eigenvalue weighted by Crippen LogP contribution is -2.75. The summed E-state index contributed by atoms with van der Waals surface area (Å²) < 4.78 is 6.03. The number of carbonyl (C=O) groups is 1. The van der Waals surface area contributed by atoms with Gasteiger partial charge in [-0.05, 0) is 87.9 Å². The van der Waals surface area contributed by atoms with Crippen molar-refractivity contribution >= 4 is 5.97 Å². The molecule has 4 saturated carbocycles. The summed E-state index contributed by atoms with van der Waals surface area (Å²) in [5, 5.41) is 44.9. The molecule has 0 spiro atoms. The molecule has 4 rings (SSSR count). The van der Waals surface area contributed by atoms with E-state index in [9.17, 15) is 25.2 Å². The van der Waals surface area contributed by atoms with Crippen molar-refractivity contribution in [3.8, 4) is 0 Å². The Labute approximate surface area is 211 Å². The Morgan fingerprint density at radius 2 is 1.74 bits per heavy atom. The van der Waals surface area contributed by atoms with Crippen LogP contribution in [0.5, 0.6) is 0 Å². The molecule has 0 aliphatic heterocycles. The van der Waals surface area contributed by atoms with E-state index in [0.717, 1.165) is 25.7 Å². The van der Waals surface area contributed by atoms with Crippen LogP contribution >= 0.6 is 0 Å². The number of fused-ring (bicyclic) bond motifs is 5. The molecule has 200 valence electrons. The summed E-state index contributed by atoms with van der Waals surface area (Å²) in [4.78, 5) is 12.3. The molecule has 0 aromatic rings. The van der Waals surface area contributed by atoms with Crippen molar-refractivity contribution in [2.24, 2.45) is 40.4 Å². The lowest BCUT2D eigenvalue weighted by Gasteiger charge is -2.67. The number of ether oxygens (including phenoxy) is 1. The number of hydrogen-bond acceptors (Lipinski definition) is 6. The van der Waals surface area contributed by atoms with Crippen LogP contribution in [-0.4, -0.2) is 56.4 Å². The highest BCUT2D eigenvalue weighted by molar-refractivity contribution is 5.66. The van der Waals surface area contributed by atoms with Crippen LogP contribution in [0.1, 0.15) is 92.9 Å². The highest BCUT2D eigenvalue weighted by Crippen LogP contribution is 2.69. The Morgan fingerprint density at radius 1 is 1.06 bits per heavy atom. The molecule has 0 aromatic carbocycles. The quantitative estimate of drug-likeness (QED) is 0.342. The molecule has 4 aliphatic carbocycles. The van der Waals surface area contributed by atoms with Gasteiger partial charge in [-0.2, -0.15) is 0 Å². The second-order valence-corrected chi connectivity index (χ2v) is 13.2. The van der Waals surface area contributed by atoms with Gasteiger partial charge in [0.15, 0.2) is 0 Å². The van der Waals surface area contributed by atoms with Gasteiger partial charge >= 0.3 is 5.97 Å². The maximum atomic E-state index is 12.3. The van der Waals surface area contributed by atoms with Crippen LogP contribution in [0.2, 0.25) is 0 Å². The number of rotatable bonds is 5. The highest BCUT2D eigenvalue weighted by atomic mass is 16.5. The van der Waals surface area contributed by atoms with Crippen LogP contribution in [0.4, 0.5) is 0 Å². The van der Waals surface area contributed by atoms with Crippen LogP contribution < -0.4 is 0 Å². The Morgan fingerprint density at radius 3 is 2.37 bits per heavy atom. The highest BCUT2D eigenvalue weighted by Gasteiger charge is 2.72. The Balaban J connectivity index is 1.71. The van der Waals surface area contributed by atoms with Crippen LogP contribution in [0.15, 0.2) is 11.6 Å². The number of aliphatic hydroxyl groups is 4. The fourth-order valence-electron chi connectivity index (χ4n) is 9.54. The first kappa shape index (κ1) is 27.1. The summed E-state index contributed by atoms with van der Waals surface area (Å²) in [7, 11) is 0. The van der Waals surface area contributed by atoms with Gasteiger partial charge in [0.25, 0.3) is 0 Å². The summed E-state index contributed by atoms with van der Waals surface area (Å²) in [6.45, 7) is 12.3. The number of hydrogen-bond donors (Lipinski definition) is 4. The molecule has 12 atom stereocenters. The lowest BCUT2D eigenvalue weighted by molar-refractivity contribution is -0.311. The van der Waals surface area contributed by atoms with Gasteiger partial charge in [0.1, 0.15) is 11.7 Å². The molecule has 6 nitrogen and oxygen atoms in total. The van der Waals surface area contributed by atoms with E-state index >= 15 is 0 Å². The van der Waals surface area contributed by atoms with Gasteiger partial charge in [-0.15, -0.1) is 0 Å². The maximum Gasteiger partial charge on any atom is 0.302 e. The second kappa shape index (κ2) is 9.41. The van der Waals surface area contributed by atoms with Gasteiger partial charge < -0.3 is 25.2 Å². The van der Waals surface area contributed by atoms with Crippen molar-refractivity contribution in [1.82, 2.24) is 0 Å². The Bertz CT molecular complexity index is 837. The molecule has 12 unspecified atom stereocenters. The van der Waals surface area contributed by atoms with Gasteiger partial charge in [0, 0.05) is 24.7 Å². The topological polar surface area (TPSA) is 107 Å². The van der Waals surface area contributed by atoms with E-state index in [1.807, 2.05) is 6.92 Å². The minimum Gasteiger partial charge on any atom is -0.462 e. The molecule has 6 heteroatoms. The summed E-state index contributed by atoms with van der Waals surface area (Å²) in [5.74, 6) is 0.807. The Kier molecular flexibility index (Phi) is 7.29. The molecule has 0 radical (unpaired) electrons. The van der Waals surface area contributed by atoms with E-state index in [-0.39, 0.29) is 36.1 Å². The molecule has 0 heterocycles. The molecule has 35 heavy (non-hydrogen) atoms. The van der Waals surface area contributed by atoms with Crippen LogP contribution in [0.25, 0.3) is 0 Å². The zero-order valence-corrected chi connectivity index (χ0v) is 22.5. The van der Waals surface area contributed by atoms with Crippen molar-refractivity contribution in [3.63, 3.8) is 0 Å². The maximum absolute atomic E-state index is 12.3. The molecule has 4 N–H and O–H groups in total. The standard InChI is InChI=1S/C29H48O6/c1-16(2)8-7-9-17(3)21-10-11-22-20-13-25(33)29(34)14-19(31)12-24(32)28(29,6)26(20)23(35-18(4)30)15-27(21,22)5/h8,17,19-26,31-34H,7,9-15H2,1-6H3. The van der Waals surface area contributed by atoms with E-state index in [2.05, 4.69) is 33.8 Å². The summed E-state index contributed by atoms with van der Waals surface area (Å²) >= 11 is 0. The monoisotopic (exact) mass is 492 g/mol. The molecule has 0 aromatic heterocycles. The smallest absolute Gasteiger partial charge is 0.302 e. The van der Waals surface area contributed by atoms with E-state index in [0.29, 0.717) is 30.6 Å². The van der Waals surface area contributed by atoms with E-state index in [1.165, 1.54) is 12.5 Å². The normalized spacial score (nSPS) is 49.9. The zero-order valence-electron chi connectivity index (χ0n) is 22.5. The third-order valence-electron chi connectivity index (χ3n) is 11.1. The van der Waals surface area contributed by atoms with Crippen molar-refractivity contribution in [3.05, 3.63) is 11.6 Å². The predicted octanol–water partition coefficient (Wildman–Crippen LogP) is 3.99. The van der Waals surface area contributed by atoms with Gasteiger partial charge in [-0.1, -0.05) is 32.4 Å². The first-order chi connectivity index (χ1) is 16.3. The summed E-state index contributed by atoms with van der Waals surface area (Å²) in [6, 6.07) is 0. The van der Waals surface area contributed by atoms with Crippen molar-refractivity contribution in [2.45, 2.75) is 123 Å². The van der Waals surface area contributed by atoms with Crippen LogP contribution in [0, 0.1) is 40.4 Å². The van der Waals surface area contributed by atoms with E-state index in [4.69, 9.17) is 4.74 Å². The Hall–Kier alpha value is -0.950. The fourth-order valence-corrected chi connectivity index (χ4v) is 9.54. The average Bonchev–Trinajstić information content (AvgIpc) is 3.07. The second-order valence-electron chi connectivity index (χ2n) is 13.2. The molecule has 0 bridgehead atoms. The summed E-state index contributed by atoms with van der Waals surface area (Å²) in [6.07, 6.45) is 4.67. The molecule has 4 fully saturated rings. The van der Waals surface area contributed by atoms with Crippen molar-refractivity contribution in [1.29, 1.82) is 0 Å². The third kappa shape index (κ3) is 4.20. The van der Waals surface area contributed by atoms with E-state index < -0.39 is 35.4 Å². The number of aliphatic hydroxyl groups excluding tert-OH is 3. The average molecular weight is 493 g/mol. The summed E-state index contributed by atoms with van der Waals surface area (Å²) in [5.41, 5.74) is -1.37.